The maximum atomic E-state index is 11.8. The molecule has 0 bridgehead atoms. The molecular weight excluding hydrogens is 254 g/mol. The van der Waals surface area contributed by atoms with Crippen molar-refractivity contribution in [2.45, 2.75) is 51.4 Å². The summed E-state index contributed by atoms with van der Waals surface area (Å²) >= 11 is 0. The van der Waals surface area contributed by atoms with Gasteiger partial charge in [0.2, 0.25) is 5.91 Å². The first-order chi connectivity index (χ1) is 9.75. The smallest absolute Gasteiger partial charge is 0.317 e. The van der Waals surface area contributed by atoms with Gasteiger partial charge in [-0.25, -0.2) is 4.79 Å². The lowest BCUT2D eigenvalue weighted by Gasteiger charge is -2.21. The average molecular weight is 281 g/mol. The Kier molecular flexibility index (Phi) is 6.15. The molecule has 1 saturated heterocycles. The molecular formula is C15H27N3O2. The van der Waals surface area contributed by atoms with E-state index in [1.54, 1.807) is 0 Å². The first kappa shape index (κ1) is 15.1. The quantitative estimate of drug-likeness (QED) is 0.756. The summed E-state index contributed by atoms with van der Waals surface area (Å²) in [4.78, 5) is 25.3. The summed E-state index contributed by atoms with van der Waals surface area (Å²) in [6.07, 6.45) is 9.10. The molecule has 0 atom stereocenters. The molecule has 0 spiro atoms. The topological polar surface area (TPSA) is 61.4 Å². The molecule has 1 aliphatic carbocycles. The predicted molar refractivity (Wildman–Crippen MR) is 78.4 cm³/mol. The summed E-state index contributed by atoms with van der Waals surface area (Å²) in [6.45, 7) is 2.77. The summed E-state index contributed by atoms with van der Waals surface area (Å²) in [7, 11) is 0. The number of carbonyl (C=O) groups is 2. The molecule has 20 heavy (non-hydrogen) atoms. The minimum atomic E-state index is 0.00373. The second-order valence-corrected chi connectivity index (χ2v) is 5.98. The van der Waals surface area contributed by atoms with Crippen molar-refractivity contribution in [3.8, 4) is 0 Å². The van der Waals surface area contributed by atoms with E-state index in [-0.39, 0.29) is 11.9 Å². The number of nitrogens with zero attached hydrogens (tertiary/aromatic N) is 1. The molecule has 0 aromatic heterocycles. The van der Waals surface area contributed by atoms with Crippen LogP contribution in [0.2, 0.25) is 0 Å². The molecule has 1 heterocycles. The Hall–Kier alpha value is -1.26. The van der Waals surface area contributed by atoms with Crippen LogP contribution in [0.3, 0.4) is 0 Å². The Morgan fingerprint density at radius 2 is 1.55 bits per heavy atom. The van der Waals surface area contributed by atoms with Crippen LogP contribution in [0.1, 0.15) is 51.4 Å². The Balaban J connectivity index is 1.51. The molecule has 1 saturated carbocycles. The van der Waals surface area contributed by atoms with Gasteiger partial charge in [-0.3, -0.25) is 4.79 Å². The van der Waals surface area contributed by atoms with Gasteiger partial charge in [-0.2, -0.15) is 0 Å². The third kappa shape index (κ3) is 5.02. The fourth-order valence-corrected chi connectivity index (χ4v) is 3.13. The second-order valence-electron chi connectivity index (χ2n) is 5.98. The highest BCUT2D eigenvalue weighted by Crippen LogP contribution is 2.25. The number of hydrogen-bond acceptors (Lipinski definition) is 2. The Morgan fingerprint density at radius 1 is 0.900 bits per heavy atom. The van der Waals surface area contributed by atoms with E-state index in [1.165, 1.54) is 32.1 Å². The van der Waals surface area contributed by atoms with Gasteiger partial charge in [0.15, 0.2) is 0 Å². The van der Waals surface area contributed by atoms with Gasteiger partial charge in [-0.05, 0) is 31.6 Å². The molecule has 2 N–H and O–H groups in total. The van der Waals surface area contributed by atoms with E-state index in [4.69, 9.17) is 0 Å². The fraction of sp³-hybridized carbons (Fsp3) is 0.867. The number of urea groups is 1. The van der Waals surface area contributed by atoms with Crippen LogP contribution in [0.4, 0.5) is 4.79 Å². The minimum absolute atomic E-state index is 0.00373. The van der Waals surface area contributed by atoms with Crippen LogP contribution in [-0.4, -0.2) is 43.0 Å². The molecule has 1 aliphatic heterocycles. The molecule has 5 nitrogen and oxygen atoms in total. The van der Waals surface area contributed by atoms with Crippen molar-refractivity contribution in [2.75, 3.05) is 26.2 Å². The zero-order valence-electron chi connectivity index (χ0n) is 12.3. The number of carbonyl (C=O) groups excluding carboxylic acids is 2. The summed E-state index contributed by atoms with van der Waals surface area (Å²) in [5.74, 6) is 0.704. The van der Waals surface area contributed by atoms with Crippen LogP contribution in [0, 0.1) is 5.92 Å². The summed E-state index contributed by atoms with van der Waals surface area (Å²) in [5.41, 5.74) is 0. The van der Waals surface area contributed by atoms with Gasteiger partial charge in [0.05, 0.1) is 0 Å². The zero-order chi connectivity index (χ0) is 14.2. The van der Waals surface area contributed by atoms with E-state index < -0.39 is 0 Å². The van der Waals surface area contributed by atoms with E-state index in [0.29, 0.717) is 25.4 Å². The monoisotopic (exact) mass is 281 g/mol. The SMILES string of the molecule is O=C(CC1CCCCC1)NCCNC(=O)N1CCCC1. The molecule has 0 unspecified atom stereocenters. The Morgan fingerprint density at radius 3 is 2.25 bits per heavy atom. The number of amides is 3. The van der Waals surface area contributed by atoms with E-state index in [1.807, 2.05) is 4.90 Å². The standard InChI is InChI=1S/C15H27N3O2/c19-14(12-13-6-2-1-3-7-13)16-8-9-17-15(20)18-10-4-5-11-18/h13H,1-12H2,(H,16,19)(H,17,20). The third-order valence-corrected chi connectivity index (χ3v) is 4.32. The van der Waals surface area contributed by atoms with Crippen molar-refractivity contribution in [2.24, 2.45) is 5.92 Å². The van der Waals surface area contributed by atoms with E-state index in [2.05, 4.69) is 10.6 Å². The van der Waals surface area contributed by atoms with Crippen LogP contribution in [0.5, 0.6) is 0 Å². The summed E-state index contributed by atoms with van der Waals surface area (Å²) in [6, 6.07) is 0.00373. The van der Waals surface area contributed by atoms with E-state index in [9.17, 15) is 9.59 Å². The van der Waals surface area contributed by atoms with Crippen LogP contribution in [-0.2, 0) is 4.79 Å². The lowest BCUT2D eigenvalue weighted by molar-refractivity contribution is -0.122. The first-order valence-electron chi connectivity index (χ1n) is 8.05. The highest BCUT2D eigenvalue weighted by molar-refractivity contribution is 5.76. The van der Waals surface area contributed by atoms with Crippen molar-refractivity contribution in [3.63, 3.8) is 0 Å². The lowest BCUT2D eigenvalue weighted by atomic mass is 9.87. The third-order valence-electron chi connectivity index (χ3n) is 4.32. The molecule has 0 aromatic carbocycles. The van der Waals surface area contributed by atoms with Crippen molar-refractivity contribution >= 4 is 11.9 Å². The van der Waals surface area contributed by atoms with Crippen LogP contribution >= 0.6 is 0 Å². The summed E-state index contributed by atoms with van der Waals surface area (Å²) < 4.78 is 0. The molecule has 3 amide bonds. The van der Waals surface area contributed by atoms with E-state index in [0.717, 1.165) is 25.9 Å². The predicted octanol–water partition coefficient (Wildman–Crippen LogP) is 1.88. The molecule has 5 heteroatoms. The lowest BCUT2D eigenvalue weighted by Crippen LogP contribution is -2.41. The zero-order valence-corrected chi connectivity index (χ0v) is 12.3. The summed E-state index contributed by atoms with van der Waals surface area (Å²) in [5, 5.41) is 5.76. The largest absolute Gasteiger partial charge is 0.354 e. The maximum Gasteiger partial charge on any atom is 0.317 e. The normalized spacial score (nSPS) is 19.9. The van der Waals surface area contributed by atoms with Gasteiger partial charge < -0.3 is 15.5 Å². The van der Waals surface area contributed by atoms with Gasteiger partial charge in [0.1, 0.15) is 0 Å². The second kappa shape index (κ2) is 8.12. The van der Waals surface area contributed by atoms with Crippen LogP contribution in [0.25, 0.3) is 0 Å². The number of rotatable bonds is 5. The number of likely N-dealkylation sites (tertiary alicyclic amines) is 1. The van der Waals surface area contributed by atoms with Crippen LogP contribution in [0.15, 0.2) is 0 Å². The van der Waals surface area contributed by atoms with E-state index >= 15 is 0 Å². The number of nitrogens with one attached hydrogen (secondary N) is 2. The molecule has 2 fully saturated rings. The minimum Gasteiger partial charge on any atom is -0.354 e. The molecule has 2 rings (SSSR count). The van der Waals surface area contributed by atoms with Gasteiger partial charge in [0.25, 0.3) is 0 Å². The molecule has 0 aromatic rings. The van der Waals surface area contributed by atoms with Gasteiger partial charge in [-0.15, -0.1) is 0 Å². The van der Waals surface area contributed by atoms with Crippen molar-refractivity contribution in [1.82, 2.24) is 15.5 Å². The van der Waals surface area contributed by atoms with Crippen molar-refractivity contribution < 1.29 is 9.59 Å². The highest BCUT2D eigenvalue weighted by atomic mass is 16.2. The van der Waals surface area contributed by atoms with Gasteiger partial charge in [0, 0.05) is 32.6 Å². The molecule has 114 valence electrons. The Bertz CT molecular complexity index is 321. The van der Waals surface area contributed by atoms with Crippen molar-refractivity contribution in [3.05, 3.63) is 0 Å². The molecule has 0 radical (unpaired) electrons. The maximum absolute atomic E-state index is 11.8. The number of hydrogen-bond donors (Lipinski definition) is 2. The van der Waals surface area contributed by atoms with Gasteiger partial charge >= 0.3 is 6.03 Å². The van der Waals surface area contributed by atoms with Gasteiger partial charge in [-0.1, -0.05) is 19.3 Å². The fourth-order valence-electron chi connectivity index (χ4n) is 3.13. The van der Waals surface area contributed by atoms with Crippen molar-refractivity contribution in [1.29, 1.82) is 0 Å². The first-order valence-corrected chi connectivity index (χ1v) is 8.05. The average Bonchev–Trinajstić information content (AvgIpc) is 2.99. The van der Waals surface area contributed by atoms with Crippen LogP contribution < -0.4 is 10.6 Å². The highest BCUT2D eigenvalue weighted by Gasteiger charge is 2.18. The molecule has 2 aliphatic rings. The Labute approximate surface area is 121 Å².